The lowest BCUT2D eigenvalue weighted by molar-refractivity contribution is -0.126. The summed E-state index contributed by atoms with van der Waals surface area (Å²) < 4.78 is 5.16. The topological polar surface area (TPSA) is 86.1 Å². The highest BCUT2D eigenvalue weighted by Crippen LogP contribution is 2.31. The number of rotatable bonds is 1. The third-order valence-electron chi connectivity index (χ3n) is 4.45. The standard InChI is InChI=1S/C15H20N4O4/c1-17(2)14(22)19-8-12(20)16-9-15(19)5-6-18(10-15)13(21)11-4-3-7-23-11/h3-4,7H,5-6,8-10H2,1-2H3,(H,16,20)/t15-/m0/s1. The Morgan fingerprint density at radius 2 is 2.17 bits per heavy atom. The second kappa shape index (κ2) is 5.60. The van der Waals surface area contributed by atoms with Crippen LogP contribution < -0.4 is 5.32 Å². The summed E-state index contributed by atoms with van der Waals surface area (Å²) in [5.74, 6) is -0.0879. The van der Waals surface area contributed by atoms with Crippen molar-refractivity contribution in [3.8, 4) is 0 Å². The first-order valence-electron chi connectivity index (χ1n) is 7.51. The summed E-state index contributed by atoms with van der Waals surface area (Å²) in [5.41, 5.74) is -0.558. The number of nitrogens with zero attached hydrogens (tertiary/aromatic N) is 3. The lowest BCUT2D eigenvalue weighted by atomic mass is 9.93. The number of carbonyl (C=O) groups excluding carboxylic acids is 3. The van der Waals surface area contributed by atoms with Crippen molar-refractivity contribution in [3.63, 3.8) is 0 Å². The van der Waals surface area contributed by atoms with Crippen LogP contribution in [-0.2, 0) is 4.79 Å². The Hall–Kier alpha value is -2.51. The van der Waals surface area contributed by atoms with Crippen molar-refractivity contribution in [2.75, 3.05) is 40.3 Å². The van der Waals surface area contributed by atoms with Gasteiger partial charge in [0.1, 0.15) is 6.54 Å². The SMILES string of the molecule is CN(C)C(=O)N1CC(=O)NC[C@]12CCN(C(=O)c1ccco1)C2. The van der Waals surface area contributed by atoms with Crippen molar-refractivity contribution < 1.29 is 18.8 Å². The van der Waals surface area contributed by atoms with Gasteiger partial charge in [-0.15, -0.1) is 0 Å². The monoisotopic (exact) mass is 320 g/mol. The van der Waals surface area contributed by atoms with Crippen molar-refractivity contribution in [2.45, 2.75) is 12.0 Å². The van der Waals surface area contributed by atoms with Gasteiger partial charge in [0, 0.05) is 33.7 Å². The molecule has 0 saturated carbocycles. The van der Waals surface area contributed by atoms with Crippen LogP contribution >= 0.6 is 0 Å². The minimum absolute atomic E-state index is 0.0137. The Balaban J connectivity index is 1.81. The largest absolute Gasteiger partial charge is 0.459 e. The Morgan fingerprint density at radius 1 is 1.39 bits per heavy atom. The van der Waals surface area contributed by atoms with Gasteiger partial charge in [-0.05, 0) is 18.6 Å². The minimum Gasteiger partial charge on any atom is -0.459 e. The van der Waals surface area contributed by atoms with E-state index < -0.39 is 5.54 Å². The average molecular weight is 320 g/mol. The summed E-state index contributed by atoms with van der Waals surface area (Å²) in [6, 6.07) is 3.08. The summed E-state index contributed by atoms with van der Waals surface area (Å²) in [6.45, 7) is 1.27. The quantitative estimate of drug-likeness (QED) is 0.788. The van der Waals surface area contributed by atoms with Gasteiger partial charge in [0.15, 0.2) is 5.76 Å². The van der Waals surface area contributed by atoms with Crippen molar-refractivity contribution in [1.29, 1.82) is 0 Å². The predicted octanol–water partition coefficient (Wildman–Crippen LogP) is -0.0223. The van der Waals surface area contributed by atoms with Crippen LogP contribution in [0, 0.1) is 0 Å². The zero-order chi connectivity index (χ0) is 16.6. The molecular formula is C15H20N4O4. The van der Waals surface area contributed by atoms with E-state index in [1.165, 1.54) is 11.2 Å². The number of amides is 4. The van der Waals surface area contributed by atoms with Crippen LogP contribution in [0.25, 0.3) is 0 Å². The molecule has 1 N–H and O–H groups in total. The van der Waals surface area contributed by atoms with E-state index in [0.717, 1.165) is 0 Å². The smallest absolute Gasteiger partial charge is 0.320 e. The molecule has 2 saturated heterocycles. The molecular weight excluding hydrogens is 300 g/mol. The minimum atomic E-state index is -0.558. The third-order valence-corrected chi connectivity index (χ3v) is 4.45. The van der Waals surface area contributed by atoms with E-state index in [9.17, 15) is 14.4 Å². The second-order valence-electron chi connectivity index (χ2n) is 6.22. The van der Waals surface area contributed by atoms with Gasteiger partial charge in [0.25, 0.3) is 5.91 Å². The molecule has 1 aromatic heterocycles. The molecule has 1 spiro atoms. The van der Waals surface area contributed by atoms with E-state index in [1.807, 2.05) is 0 Å². The molecule has 0 bridgehead atoms. The number of piperazine rings is 1. The van der Waals surface area contributed by atoms with Gasteiger partial charge in [0.2, 0.25) is 5.91 Å². The molecule has 3 rings (SSSR count). The molecule has 2 aliphatic rings. The molecule has 0 aliphatic carbocycles. The summed E-state index contributed by atoms with van der Waals surface area (Å²) in [6.07, 6.45) is 2.08. The summed E-state index contributed by atoms with van der Waals surface area (Å²) in [4.78, 5) is 41.3. The number of hydrogen-bond donors (Lipinski definition) is 1. The van der Waals surface area contributed by atoms with Crippen LogP contribution in [0.15, 0.2) is 22.8 Å². The first-order valence-corrected chi connectivity index (χ1v) is 7.51. The summed E-state index contributed by atoms with van der Waals surface area (Å²) in [7, 11) is 3.31. The number of nitrogens with one attached hydrogen (secondary N) is 1. The molecule has 0 unspecified atom stereocenters. The number of hydrogen-bond acceptors (Lipinski definition) is 4. The third kappa shape index (κ3) is 2.64. The van der Waals surface area contributed by atoms with Crippen LogP contribution in [-0.4, -0.2) is 78.4 Å². The Kier molecular flexibility index (Phi) is 3.75. The first kappa shape index (κ1) is 15.4. The maximum atomic E-state index is 12.5. The zero-order valence-corrected chi connectivity index (χ0v) is 13.2. The average Bonchev–Trinajstić information content (AvgIpc) is 3.19. The van der Waals surface area contributed by atoms with Gasteiger partial charge in [-0.1, -0.05) is 0 Å². The van der Waals surface area contributed by atoms with E-state index in [-0.39, 0.29) is 30.2 Å². The summed E-state index contributed by atoms with van der Waals surface area (Å²) in [5, 5.41) is 2.82. The fraction of sp³-hybridized carbons (Fsp3) is 0.533. The zero-order valence-electron chi connectivity index (χ0n) is 13.2. The van der Waals surface area contributed by atoms with Crippen molar-refractivity contribution in [2.24, 2.45) is 0 Å². The molecule has 3 heterocycles. The molecule has 23 heavy (non-hydrogen) atoms. The van der Waals surface area contributed by atoms with E-state index in [2.05, 4.69) is 5.32 Å². The Morgan fingerprint density at radius 3 is 2.83 bits per heavy atom. The van der Waals surface area contributed by atoms with Gasteiger partial charge in [-0.3, -0.25) is 9.59 Å². The number of urea groups is 1. The van der Waals surface area contributed by atoms with Gasteiger partial charge in [0.05, 0.1) is 11.8 Å². The van der Waals surface area contributed by atoms with Crippen LogP contribution in [0.5, 0.6) is 0 Å². The molecule has 1 aromatic rings. The fourth-order valence-corrected chi connectivity index (χ4v) is 3.19. The van der Waals surface area contributed by atoms with Crippen LogP contribution in [0.3, 0.4) is 0 Å². The molecule has 0 aromatic carbocycles. The molecule has 0 radical (unpaired) electrons. The molecule has 8 nitrogen and oxygen atoms in total. The number of likely N-dealkylation sites (tertiary alicyclic amines) is 1. The molecule has 8 heteroatoms. The Bertz CT molecular complexity index is 627. The lowest BCUT2D eigenvalue weighted by Gasteiger charge is -2.45. The van der Waals surface area contributed by atoms with E-state index in [0.29, 0.717) is 26.1 Å². The molecule has 1 atom stereocenters. The van der Waals surface area contributed by atoms with Crippen LogP contribution in [0.2, 0.25) is 0 Å². The highest BCUT2D eigenvalue weighted by atomic mass is 16.3. The van der Waals surface area contributed by atoms with Crippen molar-refractivity contribution in [3.05, 3.63) is 24.2 Å². The van der Waals surface area contributed by atoms with Crippen LogP contribution in [0.1, 0.15) is 17.0 Å². The van der Waals surface area contributed by atoms with E-state index in [4.69, 9.17) is 4.42 Å². The van der Waals surface area contributed by atoms with Crippen molar-refractivity contribution in [1.82, 2.24) is 20.0 Å². The highest BCUT2D eigenvalue weighted by Gasteiger charge is 2.50. The molecule has 4 amide bonds. The molecule has 2 aliphatic heterocycles. The summed E-state index contributed by atoms with van der Waals surface area (Å²) >= 11 is 0. The van der Waals surface area contributed by atoms with E-state index in [1.54, 1.807) is 36.0 Å². The van der Waals surface area contributed by atoms with Gasteiger partial charge in [-0.2, -0.15) is 0 Å². The maximum absolute atomic E-state index is 12.5. The van der Waals surface area contributed by atoms with Gasteiger partial charge >= 0.3 is 6.03 Å². The maximum Gasteiger partial charge on any atom is 0.320 e. The van der Waals surface area contributed by atoms with Crippen LogP contribution in [0.4, 0.5) is 4.79 Å². The normalized spacial score (nSPS) is 24.0. The second-order valence-corrected chi connectivity index (χ2v) is 6.22. The van der Waals surface area contributed by atoms with E-state index >= 15 is 0 Å². The van der Waals surface area contributed by atoms with Gasteiger partial charge < -0.3 is 24.4 Å². The molecule has 2 fully saturated rings. The lowest BCUT2D eigenvalue weighted by Crippen LogP contribution is -2.67. The van der Waals surface area contributed by atoms with Crippen molar-refractivity contribution >= 4 is 17.8 Å². The molecule has 124 valence electrons. The first-order chi connectivity index (χ1) is 10.9. The highest BCUT2D eigenvalue weighted by molar-refractivity contribution is 5.92. The Labute approximate surface area is 134 Å². The number of carbonyl (C=O) groups is 3. The number of furan rings is 1. The van der Waals surface area contributed by atoms with Gasteiger partial charge in [-0.25, -0.2) is 4.79 Å². The fourth-order valence-electron chi connectivity index (χ4n) is 3.19. The predicted molar refractivity (Wildman–Crippen MR) is 80.8 cm³/mol.